The van der Waals surface area contributed by atoms with Gasteiger partial charge in [-0.15, -0.1) is 0 Å². The van der Waals surface area contributed by atoms with Crippen LogP contribution in [0.1, 0.15) is 69.7 Å². The summed E-state index contributed by atoms with van der Waals surface area (Å²) in [5.41, 5.74) is 0.395. The number of ether oxygens (including phenoxy) is 1. The van der Waals surface area contributed by atoms with Crippen molar-refractivity contribution in [1.82, 2.24) is 9.62 Å². The van der Waals surface area contributed by atoms with Gasteiger partial charge in [-0.1, -0.05) is 26.7 Å². The van der Waals surface area contributed by atoms with Gasteiger partial charge in [0.1, 0.15) is 10.6 Å². The number of carbonyl (C=O) groups excluding carboxylic acids is 1. The number of hydrogen-bond acceptors (Lipinski definition) is 4. The first kappa shape index (κ1) is 21.1. The van der Waals surface area contributed by atoms with Crippen molar-refractivity contribution in [1.29, 1.82) is 0 Å². The molecule has 6 nitrogen and oxygen atoms in total. The van der Waals surface area contributed by atoms with Crippen LogP contribution in [0.3, 0.4) is 0 Å². The first-order valence-electron chi connectivity index (χ1n) is 10.3. The van der Waals surface area contributed by atoms with E-state index in [4.69, 9.17) is 4.74 Å². The Hall–Kier alpha value is -1.60. The van der Waals surface area contributed by atoms with Crippen molar-refractivity contribution in [2.45, 2.75) is 82.3 Å². The van der Waals surface area contributed by atoms with Crippen molar-refractivity contribution < 1.29 is 17.9 Å². The lowest BCUT2D eigenvalue weighted by Gasteiger charge is -2.32. The minimum atomic E-state index is -3.76. The van der Waals surface area contributed by atoms with E-state index in [1.165, 1.54) is 13.2 Å². The van der Waals surface area contributed by atoms with Gasteiger partial charge in [-0.3, -0.25) is 4.79 Å². The van der Waals surface area contributed by atoms with E-state index in [1.54, 1.807) is 12.1 Å². The number of carbonyl (C=O) groups is 1. The Labute approximate surface area is 168 Å². The monoisotopic (exact) mass is 408 g/mol. The summed E-state index contributed by atoms with van der Waals surface area (Å²) in [6.45, 7) is 6.26. The molecule has 0 aromatic heterocycles. The minimum absolute atomic E-state index is 0.0423. The number of nitrogens with one attached hydrogen (secondary N) is 1. The molecule has 156 valence electrons. The highest BCUT2D eigenvalue weighted by molar-refractivity contribution is 7.89. The zero-order chi connectivity index (χ0) is 20.5. The van der Waals surface area contributed by atoms with Gasteiger partial charge in [0.15, 0.2) is 0 Å². The summed E-state index contributed by atoms with van der Waals surface area (Å²) >= 11 is 0. The van der Waals surface area contributed by atoms with Crippen molar-refractivity contribution >= 4 is 15.9 Å². The van der Waals surface area contributed by atoms with Gasteiger partial charge < -0.3 is 9.64 Å². The Morgan fingerprint density at radius 2 is 1.79 bits per heavy atom. The van der Waals surface area contributed by atoms with E-state index in [0.29, 0.717) is 11.5 Å². The van der Waals surface area contributed by atoms with Crippen molar-refractivity contribution in [3.8, 4) is 5.75 Å². The Morgan fingerprint density at radius 3 is 2.32 bits per heavy atom. The lowest BCUT2D eigenvalue weighted by atomic mass is 10.0. The van der Waals surface area contributed by atoms with Gasteiger partial charge >= 0.3 is 0 Å². The Balaban J connectivity index is 1.92. The first-order valence-corrected chi connectivity index (χ1v) is 11.8. The van der Waals surface area contributed by atoms with Gasteiger partial charge in [-0.05, 0) is 56.7 Å². The quantitative estimate of drug-likeness (QED) is 0.713. The summed E-state index contributed by atoms with van der Waals surface area (Å²) in [5, 5.41) is 0. The molecule has 2 saturated carbocycles. The molecule has 1 unspecified atom stereocenters. The molecule has 1 aromatic carbocycles. The largest absolute Gasteiger partial charge is 0.495 e. The topological polar surface area (TPSA) is 75.7 Å². The molecule has 7 heteroatoms. The van der Waals surface area contributed by atoms with E-state index >= 15 is 0 Å². The third kappa shape index (κ3) is 4.51. The van der Waals surface area contributed by atoms with E-state index < -0.39 is 10.0 Å². The third-order valence-corrected chi connectivity index (χ3v) is 7.50. The number of hydrogen-bond donors (Lipinski definition) is 1. The highest BCUT2D eigenvalue weighted by Gasteiger charge is 2.37. The summed E-state index contributed by atoms with van der Waals surface area (Å²) in [7, 11) is -2.31. The van der Waals surface area contributed by atoms with Crippen molar-refractivity contribution in [3.63, 3.8) is 0 Å². The maximum Gasteiger partial charge on any atom is 0.254 e. The normalized spacial score (nSPS) is 19.0. The second-order valence-electron chi connectivity index (χ2n) is 8.40. The molecule has 1 N–H and O–H groups in total. The summed E-state index contributed by atoms with van der Waals surface area (Å²) < 4.78 is 34.0. The Bertz CT molecular complexity index is 812. The van der Waals surface area contributed by atoms with Crippen molar-refractivity contribution in [2.24, 2.45) is 5.92 Å². The SMILES string of the molecule is COc1ccc(C(=O)N(C2CC2)C(C)C(C)C)cc1S(=O)(=O)NC1CCCC1. The number of methoxy groups -OCH3 is 1. The molecule has 0 bridgehead atoms. The molecule has 2 fully saturated rings. The predicted molar refractivity (Wildman–Crippen MR) is 109 cm³/mol. The Morgan fingerprint density at radius 1 is 1.14 bits per heavy atom. The van der Waals surface area contributed by atoms with Gasteiger partial charge in [-0.25, -0.2) is 13.1 Å². The molecule has 0 radical (unpaired) electrons. The van der Waals surface area contributed by atoms with Crippen molar-refractivity contribution in [3.05, 3.63) is 23.8 Å². The van der Waals surface area contributed by atoms with Gasteiger partial charge in [0.25, 0.3) is 5.91 Å². The second-order valence-corrected chi connectivity index (χ2v) is 10.1. The van der Waals surface area contributed by atoms with Crippen LogP contribution < -0.4 is 9.46 Å². The van der Waals surface area contributed by atoms with Gasteiger partial charge in [0.2, 0.25) is 10.0 Å². The average Bonchev–Trinajstić information content (AvgIpc) is 3.36. The molecule has 0 heterocycles. The van der Waals surface area contributed by atoms with Gasteiger partial charge in [0.05, 0.1) is 7.11 Å². The first-order chi connectivity index (χ1) is 13.2. The zero-order valence-electron chi connectivity index (χ0n) is 17.3. The van der Waals surface area contributed by atoms with Crippen LogP contribution in [0.5, 0.6) is 5.75 Å². The standard InChI is InChI=1S/C21H32N2O4S/c1-14(2)15(3)23(18-10-11-18)21(24)16-9-12-19(27-4)20(13-16)28(25,26)22-17-7-5-6-8-17/h9,12-15,17-18,22H,5-8,10-11H2,1-4H3. The second kappa shape index (κ2) is 8.41. The molecule has 1 amide bonds. The number of sulfonamides is 1. The highest BCUT2D eigenvalue weighted by atomic mass is 32.2. The molecule has 3 rings (SSSR count). The molecule has 1 atom stereocenters. The number of amides is 1. The number of benzene rings is 1. The van der Waals surface area contributed by atoms with Gasteiger partial charge in [-0.2, -0.15) is 0 Å². The fourth-order valence-electron chi connectivity index (χ4n) is 3.85. The molecular formula is C21H32N2O4S. The maximum absolute atomic E-state index is 13.3. The molecule has 0 aliphatic heterocycles. The van der Waals surface area contributed by atoms with Crippen LogP contribution in [0.4, 0.5) is 0 Å². The average molecular weight is 409 g/mol. The van der Waals surface area contributed by atoms with E-state index in [-0.39, 0.29) is 34.7 Å². The molecule has 0 saturated heterocycles. The Kier molecular flexibility index (Phi) is 6.34. The lowest BCUT2D eigenvalue weighted by Crippen LogP contribution is -2.43. The summed E-state index contributed by atoms with van der Waals surface area (Å²) in [6.07, 6.45) is 5.78. The molecule has 0 spiro atoms. The van der Waals surface area contributed by atoms with Crippen LogP contribution in [-0.4, -0.2) is 44.5 Å². The van der Waals surface area contributed by atoms with Crippen LogP contribution in [-0.2, 0) is 10.0 Å². The van der Waals surface area contributed by atoms with Gasteiger partial charge in [0, 0.05) is 23.7 Å². The van der Waals surface area contributed by atoms with E-state index in [0.717, 1.165) is 38.5 Å². The molecule has 2 aliphatic rings. The highest BCUT2D eigenvalue weighted by Crippen LogP contribution is 2.33. The number of nitrogens with zero attached hydrogens (tertiary/aromatic N) is 1. The smallest absolute Gasteiger partial charge is 0.254 e. The van der Waals surface area contributed by atoms with Crippen LogP contribution >= 0.6 is 0 Å². The maximum atomic E-state index is 13.3. The lowest BCUT2D eigenvalue weighted by molar-refractivity contribution is 0.0627. The van der Waals surface area contributed by atoms with E-state index in [1.807, 2.05) is 4.90 Å². The van der Waals surface area contributed by atoms with Crippen LogP contribution in [0.2, 0.25) is 0 Å². The zero-order valence-corrected chi connectivity index (χ0v) is 18.1. The fourth-order valence-corrected chi connectivity index (χ4v) is 5.35. The van der Waals surface area contributed by atoms with Crippen LogP contribution in [0, 0.1) is 5.92 Å². The summed E-state index contributed by atoms with van der Waals surface area (Å²) in [6, 6.07) is 5.03. The van der Waals surface area contributed by atoms with Crippen LogP contribution in [0.25, 0.3) is 0 Å². The predicted octanol–water partition coefficient (Wildman–Crippen LogP) is 3.57. The van der Waals surface area contributed by atoms with Crippen LogP contribution in [0.15, 0.2) is 23.1 Å². The molecule has 28 heavy (non-hydrogen) atoms. The third-order valence-electron chi connectivity index (χ3n) is 5.96. The van der Waals surface area contributed by atoms with Crippen molar-refractivity contribution in [2.75, 3.05) is 7.11 Å². The molecular weight excluding hydrogens is 376 g/mol. The van der Waals surface area contributed by atoms with E-state index in [2.05, 4.69) is 25.5 Å². The summed E-state index contributed by atoms with van der Waals surface area (Å²) in [5.74, 6) is 0.482. The summed E-state index contributed by atoms with van der Waals surface area (Å²) in [4.78, 5) is 15.2. The molecule has 2 aliphatic carbocycles. The number of rotatable bonds is 8. The fraction of sp³-hybridized carbons (Fsp3) is 0.667. The molecule has 1 aromatic rings. The van der Waals surface area contributed by atoms with E-state index in [9.17, 15) is 13.2 Å². The minimum Gasteiger partial charge on any atom is -0.495 e.